The number of aromatic nitrogens is 1. The van der Waals surface area contributed by atoms with Gasteiger partial charge in [0.15, 0.2) is 17.5 Å². The molecule has 33 heavy (non-hydrogen) atoms. The number of nitrogens with one attached hydrogen (secondary N) is 2. The molecule has 0 unspecified atom stereocenters. The van der Waals surface area contributed by atoms with Crippen LogP contribution in [-0.4, -0.2) is 32.2 Å². The molecule has 0 radical (unpaired) electrons. The Kier molecular flexibility index (Phi) is 10.2. The van der Waals surface area contributed by atoms with E-state index in [0.717, 1.165) is 11.1 Å². The second-order valence-corrected chi connectivity index (χ2v) is 6.96. The number of guanidine groups is 1. The number of aryl methyl sites for hydroxylation is 1. The topological polar surface area (TPSA) is 77.0 Å². The number of hydrogen-bond acceptors (Lipinski definition) is 5. The van der Waals surface area contributed by atoms with Crippen molar-refractivity contribution in [1.29, 1.82) is 0 Å². The molecule has 0 aliphatic rings. The molecule has 0 bridgehead atoms. The minimum Gasteiger partial charge on any atom is -0.493 e. The first-order chi connectivity index (χ1) is 15.5. The van der Waals surface area contributed by atoms with Gasteiger partial charge in [0.2, 0.25) is 11.6 Å². The van der Waals surface area contributed by atoms with Crippen LogP contribution in [0.3, 0.4) is 0 Å². The molecule has 9 heteroatoms. The molecule has 0 spiro atoms. The van der Waals surface area contributed by atoms with Crippen molar-refractivity contribution in [3.05, 3.63) is 77.2 Å². The summed E-state index contributed by atoms with van der Waals surface area (Å²) in [5.74, 6) is 2.38. The molecular weight excluding hydrogens is 538 g/mol. The maximum atomic E-state index is 13.7. The molecule has 0 aliphatic carbocycles. The fourth-order valence-corrected chi connectivity index (χ4v) is 2.94. The van der Waals surface area contributed by atoms with E-state index in [1.807, 2.05) is 18.2 Å². The summed E-state index contributed by atoms with van der Waals surface area (Å²) in [6.45, 7) is 2.71. The first-order valence-corrected chi connectivity index (χ1v) is 10.1. The average molecular weight is 566 g/mol. The number of aliphatic imine (C=N–C) groups is 1. The van der Waals surface area contributed by atoms with Gasteiger partial charge in [-0.05, 0) is 41.8 Å². The van der Waals surface area contributed by atoms with Gasteiger partial charge in [-0.2, -0.15) is 0 Å². The van der Waals surface area contributed by atoms with E-state index in [4.69, 9.17) is 14.2 Å². The quantitative estimate of drug-likeness (QED) is 0.231. The average Bonchev–Trinajstić information content (AvgIpc) is 2.82. The van der Waals surface area contributed by atoms with Gasteiger partial charge in [-0.25, -0.2) is 9.37 Å². The lowest BCUT2D eigenvalue weighted by atomic mass is 10.1. The Hall–Kier alpha value is -3.08. The van der Waals surface area contributed by atoms with Crippen LogP contribution in [0.2, 0.25) is 0 Å². The summed E-state index contributed by atoms with van der Waals surface area (Å²) < 4.78 is 30.3. The molecule has 2 aromatic carbocycles. The lowest BCUT2D eigenvalue weighted by Crippen LogP contribution is -2.36. The molecule has 3 aromatic rings. The molecule has 3 rings (SSSR count). The lowest BCUT2D eigenvalue weighted by Gasteiger charge is -2.14. The number of rotatable bonds is 8. The fraction of sp³-hybridized carbons (Fsp3) is 0.250. The zero-order chi connectivity index (χ0) is 22.9. The molecule has 1 aromatic heterocycles. The van der Waals surface area contributed by atoms with Crippen LogP contribution >= 0.6 is 24.0 Å². The van der Waals surface area contributed by atoms with Crippen LogP contribution in [0.1, 0.15) is 16.7 Å². The summed E-state index contributed by atoms with van der Waals surface area (Å²) in [6, 6.07) is 14.3. The molecular formula is C24H28FIN4O3. The second-order valence-electron chi connectivity index (χ2n) is 6.96. The number of ether oxygens (including phenoxy) is 3. The lowest BCUT2D eigenvalue weighted by molar-refractivity contribution is 0.342. The van der Waals surface area contributed by atoms with Crippen LogP contribution in [0.15, 0.2) is 59.7 Å². The van der Waals surface area contributed by atoms with Gasteiger partial charge >= 0.3 is 0 Å². The van der Waals surface area contributed by atoms with Crippen LogP contribution < -0.4 is 24.8 Å². The van der Waals surface area contributed by atoms with E-state index in [1.165, 1.54) is 6.07 Å². The number of pyridine rings is 1. The number of hydrogen-bond donors (Lipinski definition) is 2. The van der Waals surface area contributed by atoms with Crippen LogP contribution in [-0.2, 0) is 13.1 Å². The fourth-order valence-electron chi connectivity index (χ4n) is 2.94. The van der Waals surface area contributed by atoms with Crippen LogP contribution in [0.4, 0.5) is 4.39 Å². The van der Waals surface area contributed by atoms with Crippen LogP contribution in [0, 0.1) is 12.7 Å². The standard InChI is InChI=1S/C24H27FN4O3.HI/c1-16-8-9-17(12-19(16)25)13-28-24(26-2)29-15-18-10-11-22(27-14-18)32-23-20(30-3)6-5-7-21(23)31-4;/h5-12,14H,13,15H2,1-4H3,(H2,26,28,29);1H. The van der Waals surface area contributed by atoms with Gasteiger partial charge in [0.1, 0.15) is 5.82 Å². The van der Waals surface area contributed by atoms with Gasteiger partial charge in [0.05, 0.1) is 14.2 Å². The molecule has 0 saturated heterocycles. The van der Waals surface area contributed by atoms with E-state index in [2.05, 4.69) is 20.6 Å². The van der Waals surface area contributed by atoms with E-state index in [0.29, 0.717) is 47.7 Å². The van der Waals surface area contributed by atoms with Crippen molar-refractivity contribution in [2.75, 3.05) is 21.3 Å². The summed E-state index contributed by atoms with van der Waals surface area (Å²) in [5.41, 5.74) is 2.40. The van der Waals surface area contributed by atoms with Gasteiger partial charge in [-0.15, -0.1) is 24.0 Å². The molecule has 0 amide bonds. The van der Waals surface area contributed by atoms with Crippen molar-refractivity contribution in [3.63, 3.8) is 0 Å². The largest absolute Gasteiger partial charge is 0.493 e. The zero-order valence-electron chi connectivity index (χ0n) is 19.0. The SMILES string of the molecule is CN=C(NCc1ccc(Oc2c(OC)cccc2OC)nc1)NCc1ccc(C)c(F)c1.I. The summed E-state index contributed by atoms with van der Waals surface area (Å²) in [4.78, 5) is 8.56. The van der Waals surface area contributed by atoms with Gasteiger partial charge in [-0.3, -0.25) is 4.99 Å². The molecule has 0 aliphatic heterocycles. The smallest absolute Gasteiger partial charge is 0.219 e. The van der Waals surface area contributed by atoms with Crippen LogP contribution in [0.25, 0.3) is 0 Å². The highest BCUT2D eigenvalue weighted by atomic mass is 127. The zero-order valence-corrected chi connectivity index (χ0v) is 21.3. The van der Waals surface area contributed by atoms with Gasteiger partial charge < -0.3 is 24.8 Å². The highest BCUT2D eigenvalue weighted by molar-refractivity contribution is 14.0. The van der Waals surface area contributed by atoms with Crippen molar-refractivity contribution in [1.82, 2.24) is 15.6 Å². The molecule has 2 N–H and O–H groups in total. The Morgan fingerprint density at radius 1 is 0.970 bits per heavy atom. The summed E-state index contributed by atoms with van der Waals surface area (Å²) in [6.07, 6.45) is 1.72. The maximum absolute atomic E-state index is 13.7. The van der Waals surface area contributed by atoms with E-state index < -0.39 is 0 Å². The molecule has 0 fully saturated rings. The number of halogens is 2. The Morgan fingerprint density at radius 2 is 1.61 bits per heavy atom. The Labute approximate surface area is 210 Å². The molecule has 7 nitrogen and oxygen atoms in total. The van der Waals surface area contributed by atoms with E-state index in [1.54, 1.807) is 58.7 Å². The summed E-state index contributed by atoms with van der Waals surface area (Å²) in [7, 11) is 4.82. The van der Waals surface area contributed by atoms with Gasteiger partial charge in [-0.1, -0.05) is 24.3 Å². The summed E-state index contributed by atoms with van der Waals surface area (Å²) >= 11 is 0. The Bertz CT molecular complexity index is 1060. The number of para-hydroxylation sites is 1. The third-order valence-electron chi connectivity index (χ3n) is 4.77. The maximum Gasteiger partial charge on any atom is 0.219 e. The highest BCUT2D eigenvalue weighted by Gasteiger charge is 2.13. The number of nitrogens with zero attached hydrogens (tertiary/aromatic N) is 2. The predicted octanol–water partition coefficient (Wildman–Crippen LogP) is 4.82. The first-order valence-electron chi connectivity index (χ1n) is 10.1. The van der Waals surface area contributed by atoms with Crippen molar-refractivity contribution in [2.24, 2.45) is 4.99 Å². The van der Waals surface area contributed by atoms with Crippen LogP contribution in [0.5, 0.6) is 23.1 Å². The molecule has 0 saturated carbocycles. The van der Waals surface area contributed by atoms with Gasteiger partial charge in [0.25, 0.3) is 0 Å². The van der Waals surface area contributed by atoms with Crippen molar-refractivity contribution < 1.29 is 18.6 Å². The van der Waals surface area contributed by atoms with Crippen molar-refractivity contribution in [3.8, 4) is 23.1 Å². The Morgan fingerprint density at radius 3 is 2.15 bits per heavy atom. The third kappa shape index (κ3) is 7.21. The van der Waals surface area contributed by atoms with Gasteiger partial charge in [0, 0.05) is 32.4 Å². The normalized spacial score (nSPS) is 10.8. The first kappa shape index (κ1) is 26.2. The van der Waals surface area contributed by atoms with E-state index in [-0.39, 0.29) is 29.8 Å². The molecule has 0 atom stereocenters. The number of benzene rings is 2. The monoisotopic (exact) mass is 566 g/mol. The minimum atomic E-state index is -0.216. The summed E-state index contributed by atoms with van der Waals surface area (Å²) in [5, 5.41) is 6.38. The van der Waals surface area contributed by atoms with Crippen molar-refractivity contribution >= 4 is 29.9 Å². The third-order valence-corrected chi connectivity index (χ3v) is 4.77. The molecule has 1 heterocycles. The van der Waals surface area contributed by atoms with E-state index in [9.17, 15) is 4.39 Å². The second kappa shape index (κ2) is 12.8. The highest BCUT2D eigenvalue weighted by Crippen LogP contribution is 2.39. The predicted molar refractivity (Wildman–Crippen MR) is 137 cm³/mol. The van der Waals surface area contributed by atoms with E-state index >= 15 is 0 Å². The Balaban J connectivity index is 0.00000385. The molecule has 176 valence electrons. The van der Waals surface area contributed by atoms with Crippen molar-refractivity contribution in [2.45, 2.75) is 20.0 Å². The number of methoxy groups -OCH3 is 2. The minimum absolute atomic E-state index is 0.